The summed E-state index contributed by atoms with van der Waals surface area (Å²) in [4.78, 5) is 4.01. The topological polar surface area (TPSA) is 71.4 Å². The number of nitrogens with zero attached hydrogens (tertiary/aromatic N) is 2. The van der Waals surface area contributed by atoms with Gasteiger partial charge in [0.25, 0.3) is 0 Å². The maximum Gasteiger partial charge on any atom is 0.342 e. The van der Waals surface area contributed by atoms with Crippen molar-refractivity contribution < 1.29 is 8.42 Å². The Morgan fingerprint density at radius 1 is 1.46 bits per heavy atom. The van der Waals surface area contributed by atoms with E-state index in [9.17, 15) is 8.42 Å². The van der Waals surface area contributed by atoms with Crippen LogP contribution in [0.15, 0.2) is 16.7 Å². The molecule has 0 spiro atoms. The number of fused-ring (bicyclic) bond motifs is 1. The Kier molecular flexibility index (Phi) is 1.59. The first-order chi connectivity index (χ1) is 6.08. The van der Waals surface area contributed by atoms with Gasteiger partial charge in [-0.05, 0) is 13.0 Å². The van der Waals surface area contributed by atoms with Crippen LogP contribution in [0.25, 0.3) is 0 Å². The first-order valence-corrected chi connectivity index (χ1v) is 5.06. The second-order valence-corrected chi connectivity index (χ2v) is 4.03. The van der Waals surface area contributed by atoms with E-state index in [4.69, 9.17) is 0 Å². The smallest absolute Gasteiger partial charge is 0.264 e. The van der Waals surface area contributed by atoms with E-state index < -0.39 is 10.2 Å². The van der Waals surface area contributed by atoms with Crippen molar-refractivity contribution >= 4 is 22.1 Å². The number of aromatic nitrogens is 1. The fourth-order valence-corrected chi connectivity index (χ4v) is 1.87. The van der Waals surface area contributed by atoms with Gasteiger partial charge in [0, 0.05) is 17.5 Å². The number of aryl methyl sites for hydroxylation is 1. The van der Waals surface area contributed by atoms with E-state index in [1.807, 2.05) is 0 Å². The zero-order valence-electron chi connectivity index (χ0n) is 6.85. The summed E-state index contributed by atoms with van der Waals surface area (Å²) < 4.78 is 27.7. The van der Waals surface area contributed by atoms with Crippen LogP contribution in [0.3, 0.4) is 0 Å². The average molecular weight is 197 g/mol. The van der Waals surface area contributed by atoms with Crippen LogP contribution in [0.2, 0.25) is 0 Å². The molecule has 0 atom stereocenters. The molecule has 0 aromatic carbocycles. The van der Waals surface area contributed by atoms with Gasteiger partial charge in [-0.15, -0.1) is 0 Å². The van der Waals surface area contributed by atoms with Crippen LogP contribution >= 0.6 is 0 Å². The van der Waals surface area contributed by atoms with Crippen molar-refractivity contribution in [2.24, 2.45) is 4.40 Å². The van der Waals surface area contributed by atoms with Gasteiger partial charge < -0.3 is 0 Å². The minimum Gasteiger partial charge on any atom is -0.264 e. The van der Waals surface area contributed by atoms with Crippen molar-refractivity contribution in [1.29, 1.82) is 0 Å². The van der Waals surface area contributed by atoms with Crippen molar-refractivity contribution in [1.82, 2.24) is 4.98 Å². The van der Waals surface area contributed by atoms with Crippen molar-refractivity contribution in [2.75, 3.05) is 4.72 Å². The van der Waals surface area contributed by atoms with Gasteiger partial charge in [-0.1, -0.05) is 0 Å². The number of hydrogen-bond donors (Lipinski definition) is 1. The number of nitrogens with one attached hydrogen (secondary N) is 1. The maximum atomic E-state index is 11.0. The highest BCUT2D eigenvalue weighted by Gasteiger charge is 2.16. The lowest BCUT2D eigenvalue weighted by Gasteiger charge is -2.12. The first kappa shape index (κ1) is 8.18. The zero-order valence-corrected chi connectivity index (χ0v) is 7.67. The third kappa shape index (κ3) is 1.40. The van der Waals surface area contributed by atoms with Crippen LogP contribution in [0.1, 0.15) is 11.3 Å². The molecule has 1 aliphatic heterocycles. The molecule has 0 saturated heterocycles. The summed E-state index contributed by atoms with van der Waals surface area (Å²) >= 11 is 0. The lowest BCUT2D eigenvalue weighted by Crippen LogP contribution is -2.16. The molecule has 1 aromatic rings. The normalized spacial score (nSPS) is 17.6. The van der Waals surface area contributed by atoms with Crippen LogP contribution in [0.4, 0.5) is 5.69 Å². The van der Waals surface area contributed by atoms with Crippen molar-refractivity contribution in [2.45, 2.75) is 6.92 Å². The first-order valence-electron chi connectivity index (χ1n) is 3.62. The van der Waals surface area contributed by atoms with E-state index in [2.05, 4.69) is 14.1 Å². The van der Waals surface area contributed by atoms with E-state index in [0.29, 0.717) is 5.69 Å². The summed E-state index contributed by atoms with van der Waals surface area (Å²) in [6, 6.07) is 1.60. The van der Waals surface area contributed by atoms with Crippen LogP contribution in [0.5, 0.6) is 0 Å². The molecule has 0 radical (unpaired) electrons. The molecule has 1 aliphatic rings. The van der Waals surface area contributed by atoms with E-state index in [0.717, 1.165) is 11.3 Å². The second kappa shape index (κ2) is 2.53. The van der Waals surface area contributed by atoms with Crippen LogP contribution in [0, 0.1) is 6.92 Å². The molecule has 0 amide bonds. The van der Waals surface area contributed by atoms with Crippen LogP contribution < -0.4 is 4.72 Å². The van der Waals surface area contributed by atoms with Gasteiger partial charge in [0.15, 0.2) is 0 Å². The SMILES string of the molecule is Cc1nccc2c1C=NS(=O)(=O)N2. The third-order valence-electron chi connectivity index (χ3n) is 1.75. The molecule has 2 rings (SSSR count). The Bertz CT molecular complexity index is 479. The van der Waals surface area contributed by atoms with Crippen LogP contribution in [-0.2, 0) is 10.2 Å². The molecule has 0 unspecified atom stereocenters. The summed E-state index contributed by atoms with van der Waals surface area (Å²) in [5.41, 5.74) is 2.00. The average Bonchev–Trinajstić information content (AvgIpc) is 2.02. The van der Waals surface area contributed by atoms with Gasteiger partial charge in [-0.2, -0.15) is 12.8 Å². The molecule has 2 heterocycles. The van der Waals surface area contributed by atoms with Crippen molar-refractivity contribution in [3.8, 4) is 0 Å². The Labute approximate surface area is 75.7 Å². The largest absolute Gasteiger partial charge is 0.342 e. The highest BCUT2D eigenvalue weighted by Crippen LogP contribution is 2.20. The molecule has 5 nitrogen and oxygen atoms in total. The standard InChI is InChI=1S/C7H7N3O2S/c1-5-6-4-9-13(11,12)10-7(6)2-3-8-5/h2-4,10H,1H3. The summed E-state index contributed by atoms with van der Waals surface area (Å²) in [7, 11) is -3.52. The van der Waals surface area contributed by atoms with E-state index in [1.165, 1.54) is 6.21 Å². The predicted molar refractivity (Wildman–Crippen MR) is 49.1 cm³/mol. The highest BCUT2D eigenvalue weighted by atomic mass is 32.2. The summed E-state index contributed by atoms with van der Waals surface area (Å²) in [5.74, 6) is 0. The van der Waals surface area contributed by atoms with E-state index >= 15 is 0 Å². The molecule has 6 heteroatoms. The van der Waals surface area contributed by atoms with Gasteiger partial charge in [-0.3, -0.25) is 9.71 Å². The van der Waals surface area contributed by atoms with Gasteiger partial charge in [0.1, 0.15) is 0 Å². The highest BCUT2D eigenvalue weighted by molar-refractivity contribution is 7.91. The lowest BCUT2D eigenvalue weighted by molar-refractivity contribution is 0.603. The van der Waals surface area contributed by atoms with Crippen molar-refractivity contribution in [3.63, 3.8) is 0 Å². The molecule has 1 aromatic heterocycles. The minimum atomic E-state index is -3.52. The van der Waals surface area contributed by atoms with E-state index in [-0.39, 0.29) is 0 Å². The molecule has 0 bridgehead atoms. The summed E-state index contributed by atoms with van der Waals surface area (Å²) in [6.07, 6.45) is 2.86. The molecule has 68 valence electrons. The Morgan fingerprint density at radius 3 is 3.00 bits per heavy atom. The molecule has 0 saturated carbocycles. The summed E-state index contributed by atoms with van der Waals surface area (Å²) in [6.45, 7) is 1.80. The summed E-state index contributed by atoms with van der Waals surface area (Å²) in [5, 5.41) is 0. The number of hydrogen-bond acceptors (Lipinski definition) is 3. The van der Waals surface area contributed by atoms with E-state index in [1.54, 1.807) is 19.2 Å². The molecular formula is C7H7N3O2S. The second-order valence-electron chi connectivity index (χ2n) is 2.67. The van der Waals surface area contributed by atoms with Crippen LogP contribution in [-0.4, -0.2) is 19.6 Å². The quantitative estimate of drug-likeness (QED) is 0.657. The molecule has 0 aliphatic carbocycles. The Morgan fingerprint density at radius 2 is 2.23 bits per heavy atom. The Balaban J connectivity index is 2.65. The van der Waals surface area contributed by atoms with Crippen molar-refractivity contribution in [3.05, 3.63) is 23.5 Å². The lowest BCUT2D eigenvalue weighted by atomic mass is 10.2. The number of rotatable bonds is 0. The Hall–Kier alpha value is -1.43. The van der Waals surface area contributed by atoms with Gasteiger partial charge >= 0.3 is 10.2 Å². The fourth-order valence-electron chi connectivity index (χ4n) is 1.12. The number of pyridine rings is 1. The van der Waals surface area contributed by atoms with Gasteiger partial charge in [0.2, 0.25) is 0 Å². The third-order valence-corrected chi connectivity index (χ3v) is 2.61. The molecule has 0 fully saturated rings. The zero-order chi connectivity index (χ0) is 9.47. The predicted octanol–water partition coefficient (Wildman–Crippen LogP) is 0.479. The van der Waals surface area contributed by atoms with Gasteiger partial charge in [-0.25, -0.2) is 0 Å². The number of anilines is 1. The minimum absolute atomic E-state index is 0.530. The molecular weight excluding hydrogens is 190 g/mol. The molecule has 13 heavy (non-hydrogen) atoms. The molecule has 1 N–H and O–H groups in total. The van der Waals surface area contributed by atoms with Gasteiger partial charge in [0.05, 0.1) is 11.9 Å². The monoisotopic (exact) mass is 197 g/mol. The fraction of sp³-hybridized carbons (Fsp3) is 0.143. The maximum absolute atomic E-state index is 11.0.